The van der Waals surface area contributed by atoms with E-state index in [0.29, 0.717) is 24.3 Å². The normalized spacial score (nSPS) is 15.1. The van der Waals surface area contributed by atoms with Crippen molar-refractivity contribution in [1.29, 1.82) is 0 Å². The van der Waals surface area contributed by atoms with Crippen LogP contribution in [0.4, 0.5) is 5.69 Å². The van der Waals surface area contributed by atoms with E-state index in [0.717, 1.165) is 13.0 Å². The Morgan fingerprint density at radius 2 is 1.53 bits per heavy atom. The van der Waals surface area contributed by atoms with Crippen molar-refractivity contribution in [2.75, 3.05) is 52.1 Å². The van der Waals surface area contributed by atoms with Gasteiger partial charge in [0.1, 0.15) is 0 Å². The third-order valence-corrected chi connectivity index (χ3v) is 7.41. The van der Waals surface area contributed by atoms with E-state index >= 15 is 0 Å². The van der Waals surface area contributed by atoms with Crippen molar-refractivity contribution in [3.8, 4) is 0 Å². The predicted molar refractivity (Wildman–Crippen MR) is 124 cm³/mol. The molecule has 1 heterocycles. The molecule has 2 aromatic rings. The number of carbonyl (C=O) groups excluding carboxylic acids is 2. The molecule has 2 amide bonds. The minimum absolute atomic E-state index is 0.0550. The van der Waals surface area contributed by atoms with Crippen LogP contribution in [0.3, 0.4) is 0 Å². The third kappa shape index (κ3) is 5.93. The molecule has 1 saturated heterocycles. The summed E-state index contributed by atoms with van der Waals surface area (Å²) in [6.45, 7) is 3.70. The highest BCUT2D eigenvalue weighted by Crippen LogP contribution is 2.19. The van der Waals surface area contributed by atoms with Gasteiger partial charge in [-0.3, -0.25) is 9.59 Å². The molecule has 0 aliphatic carbocycles. The number of carbonyl (C=O) groups is 2. The van der Waals surface area contributed by atoms with Gasteiger partial charge in [-0.25, -0.2) is 8.42 Å². The first kappa shape index (κ1) is 23.9. The second kappa shape index (κ2) is 10.2. The summed E-state index contributed by atoms with van der Waals surface area (Å²) in [6.07, 6.45) is 0.932. The lowest BCUT2D eigenvalue weighted by Crippen LogP contribution is -2.49. The summed E-state index contributed by atoms with van der Waals surface area (Å²) in [7, 11) is 0.386. The van der Waals surface area contributed by atoms with Crippen LogP contribution in [0.25, 0.3) is 0 Å². The van der Waals surface area contributed by atoms with Gasteiger partial charge in [-0.2, -0.15) is 4.31 Å². The standard InChI is InChI=1S/C23H30N4O4S/c1-18(28)26-14-16-27(17-15-26)32(30,31)22-10-6-20(7-11-22)23(29)24-21-8-4-19(5-9-21)12-13-25(2)3/h4-11H,12-17H2,1-3H3,(H,24,29). The van der Waals surface area contributed by atoms with Crippen LogP contribution in [0.2, 0.25) is 0 Å². The molecule has 32 heavy (non-hydrogen) atoms. The number of hydrogen-bond donors (Lipinski definition) is 1. The van der Waals surface area contributed by atoms with Gasteiger partial charge in [0, 0.05) is 50.9 Å². The Kier molecular flexibility index (Phi) is 7.65. The van der Waals surface area contributed by atoms with Crippen LogP contribution in [0.5, 0.6) is 0 Å². The molecule has 0 spiro atoms. The molecule has 2 aromatic carbocycles. The number of nitrogens with one attached hydrogen (secondary N) is 1. The number of piperazine rings is 1. The zero-order valence-corrected chi connectivity index (χ0v) is 19.6. The first-order valence-corrected chi connectivity index (χ1v) is 12.0. The maximum atomic E-state index is 12.9. The number of rotatable bonds is 7. The number of anilines is 1. The molecule has 1 N–H and O–H groups in total. The fourth-order valence-corrected chi connectivity index (χ4v) is 4.90. The highest BCUT2D eigenvalue weighted by molar-refractivity contribution is 7.89. The molecule has 0 bridgehead atoms. The Balaban J connectivity index is 1.61. The molecule has 3 rings (SSSR count). The van der Waals surface area contributed by atoms with Gasteiger partial charge in [0.15, 0.2) is 0 Å². The van der Waals surface area contributed by atoms with Crippen LogP contribution < -0.4 is 5.32 Å². The lowest BCUT2D eigenvalue weighted by atomic mass is 10.1. The number of hydrogen-bond acceptors (Lipinski definition) is 5. The van der Waals surface area contributed by atoms with Gasteiger partial charge in [0.25, 0.3) is 5.91 Å². The van der Waals surface area contributed by atoms with E-state index in [4.69, 9.17) is 0 Å². The smallest absolute Gasteiger partial charge is 0.255 e. The average Bonchev–Trinajstić information content (AvgIpc) is 2.78. The zero-order valence-electron chi connectivity index (χ0n) is 18.7. The van der Waals surface area contributed by atoms with E-state index in [1.165, 1.54) is 41.1 Å². The van der Waals surface area contributed by atoms with Gasteiger partial charge >= 0.3 is 0 Å². The van der Waals surface area contributed by atoms with Gasteiger partial charge < -0.3 is 15.1 Å². The first-order chi connectivity index (χ1) is 15.2. The van der Waals surface area contributed by atoms with Gasteiger partial charge in [-0.05, 0) is 62.5 Å². The van der Waals surface area contributed by atoms with Gasteiger partial charge in [-0.15, -0.1) is 0 Å². The highest BCUT2D eigenvalue weighted by atomic mass is 32.2. The van der Waals surface area contributed by atoms with Crippen molar-refractivity contribution in [3.05, 3.63) is 59.7 Å². The number of amides is 2. The van der Waals surface area contributed by atoms with Crippen LogP contribution in [-0.4, -0.2) is 81.2 Å². The minimum atomic E-state index is -3.67. The van der Waals surface area contributed by atoms with Crippen molar-refractivity contribution < 1.29 is 18.0 Å². The van der Waals surface area contributed by atoms with Crippen molar-refractivity contribution in [2.24, 2.45) is 0 Å². The SMILES string of the molecule is CC(=O)N1CCN(S(=O)(=O)c2ccc(C(=O)Nc3ccc(CCN(C)C)cc3)cc2)CC1. The molecule has 1 aliphatic heterocycles. The van der Waals surface area contributed by atoms with E-state index in [1.807, 2.05) is 38.4 Å². The largest absolute Gasteiger partial charge is 0.340 e. The molecule has 0 atom stereocenters. The fraction of sp³-hybridized carbons (Fsp3) is 0.391. The van der Waals surface area contributed by atoms with E-state index < -0.39 is 10.0 Å². The maximum Gasteiger partial charge on any atom is 0.255 e. The highest BCUT2D eigenvalue weighted by Gasteiger charge is 2.29. The van der Waals surface area contributed by atoms with Gasteiger partial charge in [-0.1, -0.05) is 12.1 Å². The van der Waals surface area contributed by atoms with Crippen molar-refractivity contribution >= 4 is 27.5 Å². The molecule has 172 valence electrons. The molecule has 9 heteroatoms. The van der Waals surface area contributed by atoms with E-state index in [-0.39, 0.29) is 29.8 Å². The summed E-state index contributed by atoms with van der Waals surface area (Å²) in [6, 6.07) is 13.6. The second-order valence-electron chi connectivity index (χ2n) is 8.14. The topological polar surface area (TPSA) is 90.0 Å². The number of nitrogens with zero attached hydrogens (tertiary/aromatic N) is 3. The summed E-state index contributed by atoms with van der Waals surface area (Å²) in [5, 5.41) is 2.84. The van der Waals surface area contributed by atoms with Gasteiger partial charge in [0.2, 0.25) is 15.9 Å². The Labute approximate surface area is 189 Å². The number of sulfonamides is 1. The Hall–Kier alpha value is -2.75. The Morgan fingerprint density at radius 3 is 2.06 bits per heavy atom. The Morgan fingerprint density at radius 1 is 0.938 bits per heavy atom. The lowest BCUT2D eigenvalue weighted by molar-refractivity contribution is -0.129. The van der Waals surface area contributed by atoms with Crippen LogP contribution in [0.1, 0.15) is 22.8 Å². The van der Waals surface area contributed by atoms with Crippen LogP contribution in [0.15, 0.2) is 53.4 Å². The molecule has 1 aliphatic rings. The van der Waals surface area contributed by atoms with Gasteiger partial charge in [0.05, 0.1) is 4.90 Å². The Bertz CT molecular complexity index is 1040. The summed E-state index contributed by atoms with van der Waals surface area (Å²) >= 11 is 0. The molecule has 8 nitrogen and oxygen atoms in total. The quantitative estimate of drug-likeness (QED) is 0.685. The summed E-state index contributed by atoms with van der Waals surface area (Å²) in [5.41, 5.74) is 2.25. The predicted octanol–water partition coefficient (Wildman–Crippen LogP) is 1.90. The van der Waals surface area contributed by atoms with Crippen LogP contribution in [-0.2, 0) is 21.2 Å². The molecule has 0 saturated carbocycles. The van der Waals surface area contributed by atoms with Crippen molar-refractivity contribution in [2.45, 2.75) is 18.2 Å². The van der Waals surface area contributed by atoms with Crippen LogP contribution >= 0.6 is 0 Å². The van der Waals surface area contributed by atoms with E-state index in [2.05, 4.69) is 10.2 Å². The molecular formula is C23H30N4O4S. The molecular weight excluding hydrogens is 428 g/mol. The monoisotopic (exact) mass is 458 g/mol. The third-order valence-electron chi connectivity index (χ3n) is 5.50. The number of benzene rings is 2. The van der Waals surface area contributed by atoms with Crippen LogP contribution in [0, 0.1) is 0 Å². The zero-order chi connectivity index (χ0) is 23.3. The fourth-order valence-electron chi connectivity index (χ4n) is 3.48. The maximum absolute atomic E-state index is 12.9. The average molecular weight is 459 g/mol. The lowest BCUT2D eigenvalue weighted by Gasteiger charge is -2.33. The second-order valence-corrected chi connectivity index (χ2v) is 10.1. The summed E-state index contributed by atoms with van der Waals surface area (Å²) in [4.78, 5) is 27.9. The van der Waals surface area contributed by atoms with Crippen molar-refractivity contribution in [3.63, 3.8) is 0 Å². The first-order valence-electron chi connectivity index (χ1n) is 10.6. The number of likely N-dealkylation sites (N-methyl/N-ethyl adjacent to an activating group) is 1. The molecule has 0 unspecified atom stereocenters. The summed E-state index contributed by atoms with van der Waals surface area (Å²) < 4.78 is 27.1. The van der Waals surface area contributed by atoms with E-state index in [9.17, 15) is 18.0 Å². The van der Waals surface area contributed by atoms with Crippen molar-refractivity contribution in [1.82, 2.24) is 14.1 Å². The molecule has 0 radical (unpaired) electrons. The summed E-state index contributed by atoms with van der Waals surface area (Å²) in [5.74, 6) is -0.356. The minimum Gasteiger partial charge on any atom is -0.340 e. The molecule has 1 fully saturated rings. The van der Waals surface area contributed by atoms with E-state index in [1.54, 1.807) is 4.90 Å². The molecule has 0 aromatic heterocycles.